The Kier molecular flexibility index (Phi) is 4.96. The third-order valence-corrected chi connectivity index (χ3v) is 3.55. The molecule has 0 saturated carbocycles. The molecule has 0 saturated heterocycles. The average Bonchev–Trinajstić information content (AvgIpc) is 2.26. The third kappa shape index (κ3) is 3.61. The van der Waals surface area contributed by atoms with Gasteiger partial charge in [-0.25, -0.2) is 4.39 Å². The van der Waals surface area contributed by atoms with E-state index in [0.29, 0.717) is 16.2 Å². The van der Waals surface area contributed by atoms with E-state index >= 15 is 0 Å². The fourth-order valence-corrected chi connectivity index (χ4v) is 2.05. The standard InChI is InChI=1S/C12H15FO2S/c1-8(6-14)7-16-12-4-3-10(9(2)15)5-11(12)13/h3-5,8,14H,6-7H2,1-2H3. The first-order valence-electron chi connectivity index (χ1n) is 5.08. The van der Waals surface area contributed by atoms with Gasteiger partial charge in [0.2, 0.25) is 0 Å². The molecule has 1 aromatic carbocycles. The summed E-state index contributed by atoms with van der Waals surface area (Å²) in [4.78, 5) is 11.5. The summed E-state index contributed by atoms with van der Waals surface area (Å²) in [7, 11) is 0. The van der Waals surface area contributed by atoms with Crippen molar-refractivity contribution in [1.29, 1.82) is 0 Å². The molecule has 1 rings (SSSR count). The number of rotatable bonds is 5. The van der Waals surface area contributed by atoms with Crippen molar-refractivity contribution in [3.8, 4) is 0 Å². The van der Waals surface area contributed by atoms with Crippen molar-refractivity contribution >= 4 is 17.5 Å². The Labute approximate surface area is 98.9 Å². The Morgan fingerprint density at radius 1 is 1.56 bits per heavy atom. The minimum Gasteiger partial charge on any atom is -0.396 e. The number of ketones is 1. The lowest BCUT2D eigenvalue weighted by Gasteiger charge is -2.08. The molecule has 2 nitrogen and oxygen atoms in total. The van der Waals surface area contributed by atoms with Crippen LogP contribution in [0.4, 0.5) is 4.39 Å². The van der Waals surface area contributed by atoms with Gasteiger partial charge in [-0.3, -0.25) is 4.79 Å². The lowest BCUT2D eigenvalue weighted by Crippen LogP contribution is -2.03. The van der Waals surface area contributed by atoms with Gasteiger partial charge >= 0.3 is 0 Å². The second kappa shape index (κ2) is 6.01. The molecule has 1 N–H and O–H groups in total. The van der Waals surface area contributed by atoms with Crippen LogP contribution in [0.5, 0.6) is 0 Å². The Balaban J connectivity index is 2.72. The molecule has 1 aromatic rings. The predicted octanol–water partition coefficient (Wildman–Crippen LogP) is 2.75. The van der Waals surface area contributed by atoms with Crippen LogP contribution in [0, 0.1) is 11.7 Å². The molecule has 0 bridgehead atoms. The maximum absolute atomic E-state index is 13.5. The molecule has 1 unspecified atom stereocenters. The molecule has 1 atom stereocenters. The number of Topliss-reactive ketones (excluding diaryl/α,β-unsaturated/α-hetero) is 1. The van der Waals surface area contributed by atoms with Crippen LogP contribution in [0.1, 0.15) is 24.2 Å². The smallest absolute Gasteiger partial charge is 0.159 e. The van der Waals surface area contributed by atoms with Gasteiger partial charge in [0, 0.05) is 22.8 Å². The van der Waals surface area contributed by atoms with Crippen molar-refractivity contribution < 1.29 is 14.3 Å². The van der Waals surface area contributed by atoms with Gasteiger partial charge in [0.05, 0.1) is 0 Å². The Bertz CT molecular complexity index is 379. The first-order chi connectivity index (χ1) is 7.54. The van der Waals surface area contributed by atoms with Gasteiger partial charge in [-0.05, 0) is 25.0 Å². The predicted molar refractivity (Wildman–Crippen MR) is 63.4 cm³/mol. The summed E-state index contributed by atoms with van der Waals surface area (Å²) in [6.07, 6.45) is 0. The minimum absolute atomic E-state index is 0.0974. The van der Waals surface area contributed by atoms with Crippen molar-refractivity contribution in [2.24, 2.45) is 5.92 Å². The number of hydrogen-bond donors (Lipinski definition) is 1. The van der Waals surface area contributed by atoms with Crippen molar-refractivity contribution in [3.63, 3.8) is 0 Å². The molecule has 0 spiro atoms. The normalized spacial score (nSPS) is 12.5. The van der Waals surface area contributed by atoms with Crippen LogP contribution in [0.2, 0.25) is 0 Å². The summed E-state index contributed by atoms with van der Waals surface area (Å²) < 4.78 is 13.5. The lowest BCUT2D eigenvalue weighted by atomic mass is 10.1. The van der Waals surface area contributed by atoms with E-state index in [9.17, 15) is 9.18 Å². The summed E-state index contributed by atoms with van der Waals surface area (Å²) >= 11 is 1.35. The van der Waals surface area contributed by atoms with Crippen LogP contribution >= 0.6 is 11.8 Å². The molecule has 0 aliphatic carbocycles. The largest absolute Gasteiger partial charge is 0.396 e. The SMILES string of the molecule is CC(=O)c1ccc(SCC(C)CO)c(F)c1. The number of carbonyl (C=O) groups is 1. The van der Waals surface area contributed by atoms with Gasteiger partial charge in [0.15, 0.2) is 5.78 Å². The highest BCUT2D eigenvalue weighted by molar-refractivity contribution is 7.99. The van der Waals surface area contributed by atoms with E-state index in [0.717, 1.165) is 0 Å². The number of aliphatic hydroxyl groups is 1. The van der Waals surface area contributed by atoms with Gasteiger partial charge in [-0.2, -0.15) is 0 Å². The molecule has 0 aromatic heterocycles. The molecule has 0 aliphatic rings. The summed E-state index contributed by atoms with van der Waals surface area (Å²) in [6.45, 7) is 3.41. The molecule has 16 heavy (non-hydrogen) atoms. The number of benzene rings is 1. The Hall–Kier alpha value is -0.870. The quantitative estimate of drug-likeness (QED) is 0.637. The zero-order chi connectivity index (χ0) is 12.1. The van der Waals surface area contributed by atoms with Crippen LogP contribution in [-0.4, -0.2) is 23.2 Å². The topological polar surface area (TPSA) is 37.3 Å². The highest BCUT2D eigenvalue weighted by atomic mass is 32.2. The number of thioether (sulfide) groups is 1. The van der Waals surface area contributed by atoms with E-state index in [4.69, 9.17) is 5.11 Å². The highest BCUT2D eigenvalue weighted by Gasteiger charge is 2.08. The highest BCUT2D eigenvalue weighted by Crippen LogP contribution is 2.24. The van der Waals surface area contributed by atoms with Gasteiger partial charge in [-0.15, -0.1) is 11.8 Å². The van der Waals surface area contributed by atoms with Crippen LogP contribution in [-0.2, 0) is 0 Å². The second-order valence-electron chi connectivity index (χ2n) is 3.80. The van der Waals surface area contributed by atoms with Gasteiger partial charge in [-0.1, -0.05) is 13.0 Å². The van der Waals surface area contributed by atoms with E-state index in [1.54, 1.807) is 12.1 Å². The zero-order valence-electron chi connectivity index (χ0n) is 9.37. The fourth-order valence-electron chi connectivity index (χ4n) is 1.12. The van der Waals surface area contributed by atoms with Crippen molar-refractivity contribution in [1.82, 2.24) is 0 Å². The molecule has 0 amide bonds. The van der Waals surface area contributed by atoms with Gasteiger partial charge in [0.1, 0.15) is 5.82 Å². The molecule has 4 heteroatoms. The van der Waals surface area contributed by atoms with Gasteiger partial charge in [0.25, 0.3) is 0 Å². The van der Waals surface area contributed by atoms with Crippen LogP contribution in [0.15, 0.2) is 23.1 Å². The average molecular weight is 242 g/mol. The molecule has 0 radical (unpaired) electrons. The number of aliphatic hydroxyl groups excluding tert-OH is 1. The minimum atomic E-state index is -0.372. The van der Waals surface area contributed by atoms with Crippen LogP contribution < -0.4 is 0 Å². The van der Waals surface area contributed by atoms with Crippen molar-refractivity contribution in [3.05, 3.63) is 29.6 Å². The van der Waals surface area contributed by atoms with Crippen LogP contribution in [0.3, 0.4) is 0 Å². The summed E-state index contributed by atoms with van der Waals surface area (Å²) in [6, 6.07) is 4.49. The number of carbonyl (C=O) groups excluding carboxylic acids is 1. The van der Waals surface area contributed by atoms with Crippen molar-refractivity contribution in [2.45, 2.75) is 18.7 Å². The molecule has 0 fully saturated rings. The third-order valence-electron chi connectivity index (χ3n) is 2.17. The van der Waals surface area contributed by atoms with E-state index < -0.39 is 0 Å². The Morgan fingerprint density at radius 3 is 2.75 bits per heavy atom. The lowest BCUT2D eigenvalue weighted by molar-refractivity contribution is 0.101. The molecular formula is C12H15FO2S. The second-order valence-corrected chi connectivity index (χ2v) is 4.86. The monoisotopic (exact) mass is 242 g/mol. The number of halogens is 1. The fraction of sp³-hybridized carbons (Fsp3) is 0.417. The summed E-state index contributed by atoms with van der Waals surface area (Å²) in [5.41, 5.74) is 0.386. The van der Waals surface area contributed by atoms with Crippen LogP contribution in [0.25, 0.3) is 0 Å². The van der Waals surface area contributed by atoms with Crippen molar-refractivity contribution in [2.75, 3.05) is 12.4 Å². The van der Waals surface area contributed by atoms with E-state index in [1.165, 1.54) is 24.8 Å². The maximum atomic E-state index is 13.5. The molecule has 88 valence electrons. The van der Waals surface area contributed by atoms with Gasteiger partial charge < -0.3 is 5.11 Å². The molecule has 0 aliphatic heterocycles. The maximum Gasteiger partial charge on any atom is 0.159 e. The van der Waals surface area contributed by atoms with E-state index in [1.807, 2.05) is 6.92 Å². The Morgan fingerprint density at radius 2 is 2.25 bits per heavy atom. The first kappa shape index (κ1) is 13.2. The van der Waals surface area contributed by atoms with E-state index in [2.05, 4.69) is 0 Å². The summed E-state index contributed by atoms with van der Waals surface area (Å²) in [5.74, 6) is 0.284. The molecule has 0 heterocycles. The first-order valence-corrected chi connectivity index (χ1v) is 6.07. The number of hydrogen-bond acceptors (Lipinski definition) is 3. The summed E-state index contributed by atoms with van der Waals surface area (Å²) in [5, 5.41) is 8.85. The zero-order valence-corrected chi connectivity index (χ0v) is 10.2. The van der Waals surface area contributed by atoms with E-state index in [-0.39, 0.29) is 24.1 Å². The molecular weight excluding hydrogens is 227 g/mol.